The lowest BCUT2D eigenvalue weighted by atomic mass is 9.95. The Morgan fingerprint density at radius 2 is 1.81 bits per heavy atom. The zero-order valence-electron chi connectivity index (χ0n) is 13.1. The SMILES string of the molecule is CCCNC(Cc1ccccc1C)c1ccc(F)c(C)c1. The molecule has 0 bridgehead atoms. The number of nitrogens with one attached hydrogen (secondary N) is 1. The molecule has 0 amide bonds. The molecule has 2 heteroatoms. The molecule has 1 nitrogen and oxygen atoms in total. The maximum Gasteiger partial charge on any atom is 0.126 e. The molecule has 0 radical (unpaired) electrons. The Labute approximate surface area is 127 Å². The van der Waals surface area contributed by atoms with Crippen molar-refractivity contribution in [3.05, 3.63) is 70.5 Å². The Morgan fingerprint density at radius 1 is 1.05 bits per heavy atom. The molecule has 21 heavy (non-hydrogen) atoms. The van der Waals surface area contributed by atoms with E-state index < -0.39 is 0 Å². The van der Waals surface area contributed by atoms with Crippen molar-refractivity contribution in [2.24, 2.45) is 0 Å². The minimum atomic E-state index is -0.135. The van der Waals surface area contributed by atoms with E-state index in [1.807, 2.05) is 19.1 Å². The van der Waals surface area contributed by atoms with E-state index in [1.54, 1.807) is 6.07 Å². The van der Waals surface area contributed by atoms with Crippen LogP contribution in [0.25, 0.3) is 0 Å². The first-order valence-electron chi connectivity index (χ1n) is 7.65. The molecule has 0 aliphatic carbocycles. The Bertz CT molecular complexity index is 592. The maximum atomic E-state index is 13.5. The Balaban J connectivity index is 2.25. The summed E-state index contributed by atoms with van der Waals surface area (Å²) in [5.74, 6) is -0.135. The molecule has 0 saturated carbocycles. The summed E-state index contributed by atoms with van der Waals surface area (Å²) in [6, 6.07) is 14.1. The van der Waals surface area contributed by atoms with Crippen molar-refractivity contribution in [2.75, 3.05) is 6.54 Å². The summed E-state index contributed by atoms with van der Waals surface area (Å²) in [6.07, 6.45) is 2.02. The van der Waals surface area contributed by atoms with Crippen molar-refractivity contribution in [1.29, 1.82) is 0 Å². The van der Waals surface area contributed by atoms with E-state index in [-0.39, 0.29) is 11.9 Å². The highest BCUT2D eigenvalue weighted by Crippen LogP contribution is 2.22. The van der Waals surface area contributed by atoms with E-state index in [2.05, 4.69) is 43.4 Å². The maximum absolute atomic E-state index is 13.5. The van der Waals surface area contributed by atoms with Gasteiger partial charge in [-0.3, -0.25) is 0 Å². The van der Waals surface area contributed by atoms with Gasteiger partial charge in [0.15, 0.2) is 0 Å². The number of rotatable bonds is 6. The first-order valence-corrected chi connectivity index (χ1v) is 7.65. The van der Waals surface area contributed by atoms with Crippen LogP contribution in [0.15, 0.2) is 42.5 Å². The summed E-state index contributed by atoms with van der Waals surface area (Å²) in [4.78, 5) is 0. The van der Waals surface area contributed by atoms with Gasteiger partial charge in [0.2, 0.25) is 0 Å². The second-order valence-corrected chi connectivity index (χ2v) is 5.65. The Morgan fingerprint density at radius 3 is 2.48 bits per heavy atom. The van der Waals surface area contributed by atoms with Crippen LogP contribution in [-0.2, 0) is 6.42 Å². The number of aryl methyl sites for hydroxylation is 2. The molecule has 0 saturated heterocycles. The van der Waals surface area contributed by atoms with Gasteiger partial charge in [0.05, 0.1) is 0 Å². The fraction of sp³-hybridized carbons (Fsp3) is 0.368. The van der Waals surface area contributed by atoms with Gasteiger partial charge in [-0.15, -0.1) is 0 Å². The third kappa shape index (κ3) is 4.15. The normalized spacial score (nSPS) is 12.4. The topological polar surface area (TPSA) is 12.0 Å². The molecule has 0 aliphatic heterocycles. The van der Waals surface area contributed by atoms with Crippen LogP contribution in [0.3, 0.4) is 0 Å². The molecular weight excluding hydrogens is 261 g/mol. The lowest BCUT2D eigenvalue weighted by Crippen LogP contribution is -2.24. The molecule has 0 aromatic heterocycles. The highest BCUT2D eigenvalue weighted by Gasteiger charge is 2.13. The molecule has 0 fully saturated rings. The fourth-order valence-electron chi connectivity index (χ4n) is 2.57. The molecule has 1 unspecified atom stereocenters. The zero-order chi connectivity index (χ0) is 15.2. The molecule has 1 atom stereocenters. The zero-order valence-corrected chi connectivity index (χ0v) is 13.1. The summed E-state index contributed by atoms with van der Waals surface area (Å²) in [5.41, 5.74) is 4.51. The van der Waals surface area contributed by atoms with Crippen LogP contribution < -0.4 is 5.32 Å². The molecule has 0 spiro atoms. The van der Waals surface area contributed by atoms with Gasteiger partial charge < -0.3 is 5.32 Å². The van der Waals surface area contributed by atoms with Gasteiger partial charge >= 0.3 is 0 Å². The standard InChI is InChI=1S/C19H24FN/c1-4-11-21-19(13-16-8-6-5-7-14(16)2)17-9-10-18(20)15(3)12-17/h5-10,12,19,21H,4,11,13H2,1-3H3. The lowest BCUT2D eigenvalue weighted by Gasteiger charge is -2.21. The number of benzene rings is 2. The Kier molecular flexibility index (Phi) is 5.51. The Hall–Kier alpha value is -1.67. The quantitative estimate of drug-likeness (QED) is 0.809. The van der Waals surface area contributed by atoms with Gasteiger partial charge in [-0.1, -0.05) is 43.3 Å². The highest BCUT2D eigenvalue weighted by molar-refractivity contribution is 5.31. The smallest absolute Gasteiger partial charge is 0.126 e. The van der Waals surface area contributed by atoms with E-state index in [1.165, 1.54) is 11.1 Å². The lowest BCUT2D eigenvalue weighted by molar-refractivity contribution is 0.526. The van der Waals surface area contributed by atoms with E-state index in [9.17, 15) is 4.39 Å². The second kappa shape index (κ2) is 7.37. The fourth-order valence-corrected chi connectivity index (χ4v) is 2.57. The number of hydrogen-bond donors (Lipinski definition) is 1. The van der Waals surface area contributed by atoms with Crippen molar-refractivity contribution in [3.8, 4) is 0 Å². The van der Waals surface area contributed by atoms with Crippen LogP contribution >= 0.6 is 0 Å². The van der Waals surface area contributed by atoms with Gasteiger partial charge in [0.1, 0.15) is 5.82 Å². The average Bonchev–Trinajstić information content (AvgIpc) is 2.48. The van der Waals surface area contributed by atoms with Crippen molar-refractivity contribution in [1.82, 2.24) is 5.32 Å². The van der Waals surface area contributed by atoms with Gasteiger partial charge in [-0.05, 0) is 61.6 Å². The van der Waals surface area contributed by atoms with Crippen molar-refractivity contribution < 1.29 is 4.39 Å². The average molecular weight is 285 g/mol. The van der Waals surface area contributed by atoms with Crippen LogP contribution in [0.2, 0.25) is 0 Å². The summed E-state index contributed by atoms with van der Waals surface area (Å²) in [7, 11) is 0. The summed E-state index contributed by atoms with van der Waals surface area (Å²) in [5, 5.41) is 3.59. The monoisotopic (exact) mass is 285 g/mol. The molecule has 2 rings (SSSR count). The predicted octanol–water partition coefficient (Wildman–Crippen LogP) is 4.73. The first-order chi connectivity index (χ1) is 10.1. The molecule has 2 aromatic rings. The van der Waals surface area contributed by atoms with E-state index in [0.717, 1.165) is 24.9 Å². The van der Waals surface area contributed by atoms with Crippen molar-refractivity contribution in [3.63, 3.8) is 0 Å². The molecular formula is C19H24FN. The van der Waals surface area contributed by atoms with Crippen molar-refractivity contribution >= 4 is 0 Å². The minimum absolute atomic E-state index is 0.135. The molecule has 0 aliphatic rings. The third-order valence-corrected chi connectivity index (χ3v) is 3.91. The summed E-state index contributed by atoms with van der Waals surface area (Å²) < 4.78 is 13.5. The van der Waals surface area contributed by atoms with Gasteiger partial charge in [-0.25, -0.2) is 4.39 Å². The van der Waals surface area contributed by atoms with E-state index in [0.29, 0.717) is 5.56 Å². The second-order valence-electron chi connectivity index (χ2n) is 5.65. The van der Waals surface area contributed by atoms with Gasteiger partial charge in [0.25, 0.3) is 0 Å². The summed E-state index contributed by atoms with van der Waals surface area (Å²) >= 11 is 0. The van der Waals surface area contributed by atoms with Crippen LogP contribution in [0.4, 0.5) is 4.39 Å². The number of halogens is 1. The van der Waals surface area contributed by atoms with Crippen molar-refractivity contribution in [2.45, 2.75) is 39.7 Å². The van der Waals surface area contributed by atoms with Gasteiger partial charge in [0, 0.05) is 6.04 Å². The minimum Gasteiger partial charge on any atom is -0.310 e. The largest absolute Gasteiger partial charge is 0.310 e. The van der Waals surface area contributed by atoms with Crippen LogP contribution in [0.1, 0.15) is 41.6 Å². The molecule has 0 heterocycles. The van der Waals surface area contributed by atoms with Gasteiger partial charge in [-0.2, -0.15) is 0 Å². The molecule has 2 aromatic carbocycles. The number of hydrogen-bond acceptors (Lipinski definition) is 1. The van der Waals surface area contributed by atoms with E-state index >= 15 is 0 Å². The third-order valence-electron chi connectivity index (χ3n) is 3.91. The molecule has 112 valence electrons. The first kappa shape index (κ1) is 15.7. The highest BCUT2D eigenvalue weighted by atomic mass is 19.1. The summed E-state index contributed by atoms with van der Waals surface area (Å²) in [6.45, 7) is 7.09. The van der Waals surface area contributed by atoms with Crippen LogP contribution in [0, 0.1) is 19.7 Å². The van der Waals surface area contributed by atoms with Crippen LogP contribution in [-0.4, -0.2) is 6.54 Å². The van der Waals surface area contributed by atoms with E-state index in [4.69, 9.17) is 0 Å². The molecule has 1 N–H and O–H groups in total. The van der Waals surface area contributed by atoms with Crippen LogP contribution in [0.5, 0.6) is 0 Å². The predicted molar refractivity (Wildman–Crippen MR) is 87.1 cm³/mol.